The van der Waals surface area contributed by atoms with Gasteiger partial charge in [0.1, 0.15) is 6.10 Å². The standard InChI is InChI=1S/C9H18O5/c1-6(4-10)12-8-7(5-11)13-9(2,3)14-8/h6-8,10-11H,4-5H2,1-3H3/t6-,7-,8+/m1/s1. The van der Waals surface area contributed by atoms with Crippen LogP contribution in [0.2, 0.25) is 0 Å². The third-order valence-electron chi connectivity index (χ3n) is 1.94. The van der Waals surface area contributed by atoms with Gasteiger partial charge in [0.2, 0.25) is 0 Å². The molecule has 2 N–H and O–H groups in total. The van der Waals surface area contributed by atoms with E-state index in [2.05, 4.69) is 0 Å². The lowest BCUT2D eigenvalue weighted by Crippen LogP contribution is -2.33. The van der Waals surface area contributed by atoms with E-state index in [1.165, 1.54) is 0 Å². The lowest BCUT2D eigenvalue weighted by Gasteiger charge is -2.19. The lowest BCUT2D eigenvalue weighted by molar-refractivity contribution is -0.206. The van der Waals surface area contributed by atoms with Crippen LogP contribution in [0.5, 0.6) is 0 Å². The second-order valence-corrected chi connectivity index (χ2v) is 3.85. The molecule has 3 atom stereocenters. The van der Waals surface area contributed by atoms with Gasteiger partial charge in [0.25, 0.3) is 0 Å². The molecule has 0 bridgehead atoms. The van der Waals surface area contributed by atoms with Gasteiger partial charge >= 0.3 is 0 Å². The first-order valence-corrected chi connectivity index (χ1v) is 4.71. The summed E-state index contributed by atoms with van der Waals surface area (Å²) in [5, 5.41) is 17.8. The number of aliphatic hydroxyl groups is 2. The van der Waals surface area contributed by atoms with Gasteiger partial charge in [-0.3, -0.25) is 0 Å². The first-order valence-electron chi connectivity index (χ1n) is 4.71. The summed E-state index contributed by atoms with van der Waals surface area (Å²) in [7, 11) is 0. The van der Waals surface area contributed by atoms with Crippen LogP contribution in [0.25, 0.3) is 0 Å². The Kier molecular flexibility index (Phi) is 3.86. The molecule has 0 radical (unpaired) electrons. The Morgan fingerprint density at radius 2 is 2.00 bits per heavy atom. The number of hydrogen-bond donors (Lipinski definition) is 2. The van der Waals surface area contributed by atoms with E-state index in [1.54, 1.807) is 20.8 Å². The molecule has 0 aromatic rings. The van der Waals surface area contributed by atoms with Gasteiger partial charge in [-0.05, 0) is 20.8 Å². The van der Waals surface area contributed by atoms with E-state index >= 15 is 0 Å². The zero-order valence-electron chi connectivity index (χ0n) is 8.77. The van der Waals surface area contributed by atoms with Gasteiger partial charge in [-0.2, -0.15) is 0 Å². The SMILES string of the molecule is C[C@H](CO)O[C@H]1OC(C)(C)O[C@@H]1CO. The summed E-state index contributed by atoms with van der Waals surface area (Å²) in [6, 6.07) is 0. The molecule has 0 saturated carbocycles. The Hall–Kier alpha value is -0.200. The average Bonchev–Trinajstić information content (AvgIpc) is 2.40. The second-order valence-electron chi connectivity index (χ2n) is 3.85. The summed E-state index contributed by atoms with van der Waals surface area (Å²) in [6.07, 6.45) is -1.43. The Labute approximate surface area is 83.6 Å². The Balaban J connectivity index is 2.51. The predicted octanol–water partition coefficient (Wildman–Crippen LogP) is -0.146. The van der Waals surface area contributed by atoms with Crippen LogP contribution < -0.4 is 0 Å². The first-order chi connectivity index (χ1) is 6.48. The Morgan fingerprint density at radius 3 is 2.50 bits per heavy atom. The topological polar surface area (TPSA) is 68.2 Å². The van der Waals surface area contributed by atoms with Crippen LogP contribution in [0.1, 0.15) is 20.8 Å². The summed E-state index contributed by atoms with van der Waals surface area (Å²) < 4.78 is 16.1. The molecule has 0 amide bonds. The molecule has 1 rings (SSSR count). The minimum atomic E-state index is -0.743. The molecular weight excluding hydrogens is 188 g/mol. The van der Waals surface area contributed by atoms with Crippen molar-refractivity contribution in [3.05, 3.63) is 0 Å². The zero-order valence-corrected chi connectivity index (χ0v) is 8.77. The molecule has 14 heavy (non-hydrogen) atoms. The molecule has 1 fully saturated rings. The highest BCUT2D eigenvalue weighted by atomic mass is 16.8. The number of ether oxygens (including phenoxy) is 3. The predicted molar refractivity (Wildman–Crippen MR) is 48.5 cm³/mol. The van der Waals surface area contributed by atoms with Crippen LogP contribution in [-0.4, -0.2) is 47.7 Å². The average molecular weight is 206 g/mol. The molecule has 5 nitrogen and oxygen atoms in total. The van der Waals surface area contributed by atoms with Crippen molar-refractivity contribution in [1.82, 2.24) is 0 Å². The zero-order chi connectivity index (χ0) is 10.8. The number of rotatable bonds is 4. The molecular formula is C9H18O5. The van der Waals surface area contributed by atoms with Gasteiger partial charge in [0.05, 0.1) is 19.3 Å². The molecule has 0 aromatic heterocycles. The van der Waals surface area contributed by atoms with Crippen molar-refractivity contribution in [1.29, 1.82) is 0 Å². The van der Waals surface area contributed by atoms with E-state index in [0.717, 1.165) is 0 Å². The number of hydrogen-bond acceptors (Lipinski definition) is 5. The largest absolute Gasteiger partial charge is 0.394 e. The third kappa shape index (κ3) is 2.90. The molecule has 1 aliphatic heterocycles. The summed E-state index contributed by atoms with van der Waals surface area (Å²) in [5.41, 5.74) is 0. The monoisotopic (exact) mass is 206 g/mol. The smallest absolute Gasteiger partial charge is 0.189 e. The highest BCUT2D eigenvalue weighted by molar-refractivity contribution is 4.75. The fourth-order valence-electron chi connectivity index (χ4n) is 1.31. The summed E-state index contributed by atoms with van der Waals surface area (Å²) in [5.74, 6) is -0.743. The minimum Gasteiger partial charge on any atom is -0.394 e. The van der Waals surface area contributed by atoms with Gasteiger partial charge in [-0.15, -0.1) is 0 Å². The third-order valence-corrected chi connectivity index (χ3v) is 1.94. The lowest BCUT2D eigenvalue weighted by atomic mass is 10.3. The maximum absolute atomic E-state index is 9.01. The van der Waals surface area contributed by atoms with Gasteiger partial charge in [0, 0.05) is 0 Å². The molecule has 0 spiro atoms. The number of aliphatic hydroxyl groups excluding tert-OH is 2. The van der Waals surface area contributed by atoms with E-state index in [1.807, 2.05) is 0 Å². The summed E-state index contributed by atoms with van der Waals surface area (Å²) >= 11 is 0. The van der Waals surface area contributed by atoms with E-state index in [4.69, 9.17) is 24.4 Å². The first kappa shape index (κ1) is 11.9. The van der Waals surface area contributed by atoms with Crippen molar-refractivity contribution in [3.8, 4) is 0 Å². The Morgan fingerprint density at radius 1 is 1.36 bits per heavy atom. The van der Waals surface area contributed by atoms with Crippen LogP contribution in [0.3, 0.4) is 0 Å². The van der Waals surface area contributed by atoms with E-state index in [-0.39, 0.29) is 19.3 Å². The molecule has 0 unspecified atom stereocenters. The highest BCUT2D eigenvalue weighted by Crippen LogP contribution is 2.29. The van der Waals surface area contributed by atoms with Gasteiger partial charge in [0.15, 0.2) is 12.1 Å². The van der Waals surface area contributed by atoms with Crippen molar-refractivity contribution < 1.29 is 24.4 Å². The van der Waals surface area contributed by atoms with Crippen LogP contribution in [0.15, 0.2) is 0 Å². The minimum absolute atomic E-state index is 0.0849. The maximum Gasteiger partial charge on any atom is 0.189 e. The molecule has 84 valence electrons. The van der Waals surface area contributed by atoms with Crippen molar-refractivity contribution in [2.24, 2.45) is 0 Å². The quantitative estimate of drug-likeness (QED) is 0.669. The van der Waals surface area contributed by atoms with Crippen molar-refractivity contribution >= 4 is 0 Å². The maximum atomic E-state index is 9.01. The van der Waals surface area contributed by atoms with Crippen LogP contribution >= 0.6 is 0 Å². The molecule has 1 aliphatic rings. The fourth-order valence-corrected chi connectivity index (χ4v) is 1.31. The molecule has 1 saturated heterocycles. The van der Waals surface area contributed by atoms with Crippen LogP contribution in [0.4, 0.5) is 0 Å². The van der Waals surface area contributed by atoms with E-state index < -0.39 is 18.2 Å². The van der Waals surface area contributed by atoms with Crippen LogP contribution in [0, 0.1) is 0 Å². The van der Waals surface area contributed by atoms with E-state index in [0.29, 0.717) is 0 Å². The van der Waals surface area contributed by atoms with E-state index in [9.17, 15) is 0 Å². The summed E-state index contributed by atoms with van der Waals surface area (Å²) in [4.78, 5) is 0. The van der Waals surface area contributed by atoms with Crippen molar-refractivity contribution in [2.45, 2.75) is 45.1 Å². The summed E-state index contributed by atoms with van der Waals surface area (Å²) in [6.45, 7) is 4.99. The van der Waals surface area contributed by atoms with Crippen LogP contribution in [-0.2, 0) is 14.2 Å². The van der Waals surface area contributed by atoms with Crippen molar-refractivity contribution in [2.75, 3.05) is 13.2 Å². The Bertz CT molecular complexity index is 182. The molecule has 0 aliphatic carbocycles. The molecule has 5 heteroatoms. The van der Waals surface area contributed by atoms with Gasteiger partial charge in [-0.25, -0.2) is 0 Å². The van der Waals surface area contributed by atoms with Crippen molar-refractivity contribution in [3.63, 3.8) is 0 Å². The fraction of sp³-hybridized carbons (Fsp3) is 1.00. The highest BCUT2D eigenvalue weighted by Gasteiger charge is 2.42. The van der Waals surface area contributed by atoms with Gasteiger partial charge < -0.3 is 24.4 Å². The second kappa shape index (κ2) is 4.55. The molecule has 0 aromatic carbocycles. The van der Waals surface area contributed by atoms with Gasteiger partial charge in [-0.1, -0.05) is 0 Å². The normalized spacial score (nSPS) is 33.2. The molecule has 1 heterocycles.